The number of methoxy groups -OCH3 is 1. The maximum absolute atomic E-state index is 6.07. The standard InChI is InChI=1S/C16H19ClN2OS/c1-3-21-13-7-4-11(5-8-13)16(19-18)12-6-9-14(17)15(10-12)20-2/h4-10,16,19H,3,18H2,1-2H3. The van der Waals surface area contributed by atoms with E-state index < -0.39 is 0 Å². The molecule has 1 atom stereocenters. The second-order valence-corrected chi connectivity index (χ2v) is 6.24. The highest BCUT2D eigenvalue weighted by Crippen LogP contribution is 2.31. The Labute approximate surface area is 134 Å². The normalized spacial score (nSPS) is 12.2. The van der Waals surface area contributed by atoms with Crippen molar-refractivity contribution in [1.82, 2.24) is 5.43 Å². The Kier molecular flexibility index (Phi) is 5.94. The van der Waals surface area contributed by atoms with E-state index in [2.05, 4.69) is 36.6 Å². The third kappa shape index (κ3) is 3.92. The topological polar surface area (TPSA) is 47.3 Å². The van der Waals surface area contributed by atoms with Gasteiger partial charge in [0.15, 0.2) is 0 Å². The molecule has 0 aromatic heterocycles. The second kappa shape index (κ2) is 7.71. The van der Waals surface area contributed by atoms with Crippen molar-refractivity contribution in [3.63, 3.8) is 0 Å². The largest absolute Gasteiger partial charge is 0.495 e. The van der Waals surface area contributed by atoms with Crippen LogP contribution in [0.15, 0.2) is 47.4 Å². The zero-order valence-corrected chi connectivity index (χ0v) is 13.7. The highest BCUT2D eigenvalue weighted by molar-refractivity contribution is 7.99. The number of benzene rings is 2. The number of nitrogens with two attached hydrogens (primary N) is 1. The van der Waals surface area contributed by atoms with Crippen molar-refractivity contribution in [2.75, 3.05) is 12.9 Å². The van der Waals surface area contributed by atoms with Crippen LogP contribution in [0.4, 0.5) is 0 Å². The van der Waals surface area contributed by atoms with Gasteiger partial charge in [-0.15, -0.1) is 11.8 Å². The molecule has 3 nitrogen and oxygen atoms in total. The highest BCUT2D eigenvalue weighted by atomic mass is 35.5. The maximum Gasteiger partial charge on any atom is 0.137 e. The Morgan fingerprint density at radius 3 is 2.43 bits per heavy atom. The van der Waals surface area contributed by atoms with Gasteiger partial charge >= 0.3 is 0 Å². The van der Waals surface area contributed by atoms with Crippen LogP contribution in [0.5, 0.6) is 5.75 Å². The lowest BCUT2D eigenvalue weighted by Crippen LogP contribution is -2.28. The number of halogens is 1. The average Bonchev–Trinajstić information content (AvgIpc) is 2.51. The van der Waals surface area contributed by atoms with Gasteiger partial charge in [-0.1, -0.05) is 36.7 Å². The first-order valence-corrected chi connectivity index (χ1v) is 8.08. The summed E-state index contributed by atoms with van der Waals surface area (Å²) in [6.45, 7) is 2.14. The summed E-state index contributed by atoms with van der Waals surface area (Å²) in [7, 11) is 1.60. The van der Waals surface area contributed by atoms with Crippen LogP contribution in [-0.4, -0.2) is 12.9 Å². The van der Waals surface area contributed by atoms with Crippen LogP contribution < -0.4 is 16.0 Å². The third-order valence-corrected chi connectivity index (χ3v) is 4.41. The van der Waals surface area contributed by atoms with Crippen LogP contribution in [0.1, 0.15) is 24.1 Å². The molecule has 2 aromatic rings. The Morgan fingerprint density at radius 1 is 1.19 bits per heavy atom. The number of thioether (sulfide) groups is 1. The summed E-state index contributed by atoms with van der Waals surface area (Å²) in [6.07, 6.45) is 0. The van der Waals surface area contributed by atoms with Gasteiger partial charge in [0, 0.05) is 4.90 Å². The quantitative estimate of drug-likeness (QED) is 0.479. The first-order valence-electron chi connectivity index (χ1n) is 6.72. The second-order valence-electron chi connectivity index (χ2n) is 4.50. The summed E-state index contributed by atoms with van der Waals surface area (Å²) >= 11 is 7.88. The lowest BCUT2D eigenvalue weighted by molar-refractivity contribution is 0.414. The van der Waals surface area contributed by atoms with Gasteiger partial charge in [0.2, 0.25) is 0 Å². The van der Waals surface area contributed by atoms with Crippen molar-refractivity contribution >= 4 is 23.4 Å². The van der Waals surface area contributed by atoms with E-state index in [0.29, 0.717) is 10.8 Å². The van der Waals surface area contributed by atoms with Crippen LogP contribution in [0, 0.1) is 0 Å². The summed E-state index contributed by atoms with van der Waals surface area (Å²) in [5, 5.41) is 0.590. The molecule has 0 saturated heterocycles. The average molecular weight is 323 g/mol. The molecule has 0 aliphatic carbocycles. The lowest BCUT2D eigenvalue weighted by atomic mass is 9.99. The Balaban J connectivity index is 2.30. The fourth-order valence-electron chi connectivity index (χ4n) is 2.16. The molecule has 0 radical (unpaired) electrons. The minimum absolute atomic E-state index is 0.100. The lowest BCUT2D eigenvalue weighted by Gasteiger charge is -2.18. The Bertz CT molecular complexity index is 589. The van der Waals surface area contributed by atoms with Crippen molar-refractivity contribution < 1.29 is 4.74 Å². The monoisotopic (exact) mass is 322 g/mol. The van der Waals surface area contributed by atoms with Crippen LogP contribution in [0.2, 0.25) is 5.02 Å². The minimum Gasteiger partial charge on any atom is -0.495 e. The molecule has 2 rings (SSSR count). The van der Waals surface area contributed by atoms with Crippen molar-refractivity contribution in [2.45, 2.75) is 17.9 Å². The van der Waals surface area contributed by atoms with Crippen molar-refractivity contribution in [1.29, 1.82) is 0 Å². The summed E-state index contributed by atoms with van der Waals surface area (Å²) in [5.74, 6) is 7.44. The smallest absolute Gasteiger partial charge is 0.137 e. The van der Waals surface area contributed by atoms with Gasteiger partial charge in [0.1, 0.15) is 5.75 Å². The van der Waals surface area contributed by atoms with Crippen LogP contribution in [0.25, 0.3) is 0 Å². The van der Waals surface area contributed by atoms with Crippen LogP contribution >= 0.6 is 23.4 Å². The third-order valence-electron chi connectivity index (χ3n) is 3.20. The van der Waals surface area contributed by atoms with E-state index in [1.54, 1.807) is 7.11 Å². The van der Waals surface area contributed by atoms with Gasteiger partial charge in [-0.3, -0.25) is 5.84 Å². The van der Waals surface area contributed by atoms with E-state index in [0.717, 1.165) is 16.9 Å². The molecule has 0 spiro atoms. The Hall–Kier alpha value is -1.20. The van der Waals surface area contributed by atoms with E-state index in [4.69, 9.17) is 22.2 Å². The molecule has 0 fully saturated rings. The molecule has 5 heteroatoms. The number of ether oxygens (including phenoxy) is 1. The molecule has 21 heavy (non-hydrogen) atoms. The predicted octanol–water partition coefficient (Wildman–Crippen LogP) is 4.01. The summed E-state index contributed by atoms with van der Waals surface area (Å²) in [5.41, 5.74) is 4.96. The summed E-state index contributed by atoms with van der Waals surface area (Å²) in [6, 6.07) is 14.0. The van der Waals surface area contributed by atoms with Gasteiger partial charge in [-0.2, -0.15) is 0 Å². The predicted molar refractivity (Wildman–Crippen MR) is 90.0 cm³/mol. The Morgan fingerprint density at radius 2 is 1.86 bits per heavy atom. The van der Waals surface area contributed by atoms with Gasteiger partial charge in [-0.25, -0.2) is 5.43 Å². The number of hydrogen-bond donors (Lipinski definition) is 2. The molecule has 0 aliphatic rings. The molecule has 0 amide bonds. The van der Waals surface area contributed by atoms with Crippen molar-refractivity contribution in [3.8, 4) is 5.75 Å². The molecule has 0 saturated carbocycles. The number of nitrogens with one attached hydrogen (secondary N) is 1. The van der Waals surface area contributed by atoms with Crippen LogP contribution in [-0.2, 0) is 0 Å². The van der Waals surface area contributed by atoms with E-state index >= 15 is 0 Å². The fourth-order valence-corrected chi connectivity index (χ4v) is 3.02. The van der Waals surface area contributed by atoms with Crippen LogP contribution in [0.3, 0.4) is 0 Å². The molecule has 2 aromatic carbocycles. The van der Waals surface area contributed by atoms with Gasteiger partial charge in [0.25, 0.3) is 0 Å². The molecular formula is C16H19ClN2OS. The van der Waals surface area contributed by atoms with E-state index in [1.807, 2.05) is 30.0 Å². The molecule has 112 valence electrons. The molecule has 1 unspecified atom stereocenters. The summed E-state index contributed by atoms with van der Waals surface area (Å²) < 4.78 is 5.26. The minimum atomic E-state index is -0.100. The van der Waals surface area contributed by atoms with Gasteiger partial charge in [0.05, 0.1) is 18.2 Å². The first kappa shape index (κ1) is 16.2. The zero-order valence-electron chi connectivity index (χ0n) is 12.1. The fraction of sp³-hybridized carbons (Fsp3) is 0.250. The molecule has 0 bridgehead atoms. The molecule has 0 aliphatic heterocycles. The molecule has 3 N–H and O–H groups in total. The van der Waals surface area contributed by atoms with E-state index in [-0.39, 0.29) is 6.04 Å². The highest BCUT2D eigenvalue weighted by Gasteiger charge is 2.14. The summed E-state index contributed by atoms with van der Waals surface area (Å²) in [4.78, 5) is 1.26. The molecule has 0 heterocycles. The van der Waals surface area contributed by atoms with Crippen molar-refractivity contribution in [3.05, 3.63) is 58.6 Å². The number of hydrogen-bond acceptors (Lipinski definition) is 4. The van der Waals surface area contributed by atoms with Crippen molar-refractivity contribution in [2.24, 2.45) is 5.84 Å². The maximum atomic E-state index is 6.07. The first-order chi connectivity index (χ1) is 10.2. The van der Waals surface area contributed by atoms with E-state index in [1.165, 1.54) is 4.90 Å². The SMILES string of the molecule is CCSc1ccc(C(NN)c2ccc(Cl)c(OC)c2)cc1. The van der Waals surface area contributed by atoms with Gasteiger partial charge in [-0.05, 0) is 41.1 Å². The zero-order chi connectivity index (χ0) is 15.2. The van der Waals surface area contributed by atoms with E-state index in [9.17, 15) is 0 Å². The number of hydrazine groups is 1. The van der Waals surface area contributed by atoms with Gasteiger partial charge < -0.3 is 4.74 Å². The number of rotatable bonds is 6. The molecular weight excluding hydrogens is 304 g/mol.